The number of carbonyl (C=O) groups is 1. The summed E-state index contributed by atoms with van der Waals surface area (Å²) in [6, 6.07) is 15.3. The van der Waals surface area contributed by atoms with Crippen LogP contribution in [0.15, 0.2) is 69.0 Å². The minimum atomic E-state index is -0.277. The van der Waals surface area contributed by atoms with Gasteiger partial charge in [0.2, 0.25) is 5.91 Å². The van der Waals surface area contributed by atoms with Crippen LogP contribution in [0.5, 0.6) is 0 Å². The zero-order valence-electron chi connectivity index (χ0n) is 12.5. The molecule has 0 atom stereocenters. The van der Waals surface area contributed by atoms with Gasteiger partial charge in [0.1, 0.15) is 11.3 Å². The first-order valence-electron chi connectivity index (χ1n) is 7.09. The van der Waals surface area contributed by atoms with E-state index in [4.69, 9.17) is 4.42 Å². The fourth-order valence-electron chi connectivity index (χ4n) is 2.47. The van der Waals surface area contributed by atoms with Crippen molar-refractivity contribution in [3.8, 4) is 0 Å². The molecule has 114 valence electrons. The Bertz CT molecular complexity index is 923. The second kappa shape index (κ2) is 6.34. The van der Waals surface area contributed by atoms with E-state index in [1.165, 1.54) is 6.92 Å². The minimum Gasteiger partial charge on any atom is -0.454 e. The SMILES string of the molecule is C=Cc1c(/C(=N\C(C)=O)c2ccccc2)oc2ccc(Br)cc12. The lowest BCUT2D eigenvalue weighted by Gasteiger charge is -2.04. The molecule has 1 heterocycles. The number of aliphatic imine (C=N–C) groups is 1. The van der Waals surface area contributed by atoms with Gasteiger partial charge in [-0.25, -0.2) is 4.99 Å². The molecule has 2 aromatic carbocycles. The first-order valence-corrected chi connectivity index (χ1v) is 7.89. The average molecular weight is 368 g/mol. The number of carbonyl (C=O) groups excluding carboxylic acids is 1. The molecular weight excluding hydrogens is 354 g/mol. The second-order valence-corrected chi connectivity index (χ2v) is 5.95. The summed E-state index contributed by atoms with van der Waals surface area (Å²) in [5.74, 6) is 0.273. The second-order valence-electron chi connectivity index (χ2n) is 5.03. The quantitative estimate of drug-likeness (QED) is 0.595. The summed E-state index contributed by atoms with van der Waals surface area (Å²) in [4.78, 5) is 15.8. The van der Waals surface area contributed by atoms with Gasteiger partial charge in [-0.1, -0.05) is 58.9 Å². The molecule has 1 amide bonds. The Labute approximate surface area is 142 Å². The van der Waals surface area contributed by atoms with Crippen molar-refractivity contribution in [2.45, 2.75) is 6.92 Å². The summed E-state index contributed by atoms with van der Waals surface area (Å²) < 4.78 is 6.94. The molecule has 0 unspecified atom stereocenters. The number of halogens is 1. The van der Waals surface area contributed by atoms with Crippen LogP contribution in [0.25, 0.3) is 17.0 Å². The van der Waals surface area contributed by atoms with E-state index in [0.29, 0.717) is 11.5 Å². The van der Waals surface area contributed by atoms with Crippen LogP contribution < -0.4 is 0 Å². The summed E-state index contributed by atoms with van der Waals surface area (Å²) in [7, 11) is 0. The van der Waals surface area contributed by atoms with Crippen molar-refractivity contribution in [2.75, 3.05) is 0 Å². The summed E-state index contributed by atoms with van der Waals surface area (Å²) in [5, 5.41) is 0.927. The molecule has 0 spiro atoms. The van der Waals surface area contributed by atoms with E-state index in [0.717, 1.165) is 26.6 Å². The van der Waals surface area contributed by atoms with Gasteiger partial charge in [-0.2, -0.15) is 0 Å². The van der Waals surface area contributed by atoms with Gasteiger partial charge in [0.05, 0.1) is 0 Å². The van der Waals surface area contributed by atoms with Gasteiger partial charge in [0, 0.05) is 27.9 Å². The van der Waals surface area contributed by atoms with Crippen molar-refractivity contribution in [3.63, 3.8) is 0 Å². The van der Waals surface area contributed by atoms with Gasteiger partial charge < -0.3 is 4.42 Å². The number of hydrogen-bond donors (Lipinski definition) is 0. The molecule has 0 radical (unpaired) electrons. The predicted molar refractivity (Wildman–Crippen MR) is 96.8 cm³/mol. The molecule has 0 saturated carbocycles. The highest BCUT2D eigenvalue weighted by molar-refractivity contribution is 9.10. The third-order valence-electron chi connectivity index (χ3n) is 3.42. The van der Waals surface area contributed by atoms with Crippen LogP contribution in [0.3, 0.4) is 0 Å². The standard InChI is InChI=1S/C19H14BrNO2/c1-3-15-16-11-14(20)9-10-17(16)23-19(15)18(21-12(2)22)13-7-5-4-6-8-13/h3-11H,1H2,2H3/b21-18-. The highest BCUT2D eigenvalue weighted by atomic mass is 79.9. The fraction of sp³-hybridized carbons (Fsp3) is 0.0526. The highest BCUT2D eigenvalue weighted by Crippen LogP contribution is 2.31. The Kier molecular flexibility index (Phi) is 4.26. The third kappa shape index (κ3) is 3.03. The molecular formula is C19H14BrNO2. The van der Waals surface area contributed by atoms with Gasteiger partial charge in [0.15, 0.2) is 5.76 Å². The number of amides is 1. The number of fused-ring (bicyclic) bond motifs is 1. The van der Waals surface area contributed by atoms with Crippen molar-refractivity contribution in [1.29, 1.82) is 0 Å². The molecule has 0 aliphatic heterocycles. The van der Waals surface area contributed by atoms with Gasteiger partial charge in [-0.3, -0.25) is 4.79 Å². The maximum Gasteiger partial charge on any atom is 0.243 e. The van der Waals surface area contributed by atoms with Crippen molar-refractivity contribution in [3.05, 3.63) is 76.5 Å². The molecule has 0 N–H and O–H groups in total. The lowest BCUT2D eigenvalue weighted by Crippen LogP contribution is -2.06. The number of nitrogens with zero attached hydrogens (tertiary/aromatic N) is 1. The molecule has 1 aromatic heterocycles. The normalized spacial score (nSPS) is 11.7. The van der Waals surface area contributed by atoms with E-state index in [1.54, 1.807) is 6.08 Å². The van der Waals surface area contributed by atoms with Crippen LogP contribution in [0.4, 0.5) is 0 Å². The van der Waals surface area contributed by atoms with E-state index in [1.807, 2.05) is 48.5 Å². The summed E-state index contributed by atoms with van der Waals surface area (Å²) in [5.41, 5.74) is 2.89. The van der Waals surface area contributed by atoms with Crippen LogP contribution in [0, 0.1) is 0 Å². The summed E-state index contributed by atoms with van der Waals surface area (Å²) in [6.45, 7) is 5.31. The van der Waals surface area contributed by atoms with Crippen LogP contribution in [-0.2, 0) is 4.79 Å². The predicted octanol–water partition coefficient (Wildman–Crippen LogP) is 5.22. The van der Waals surface area contributed by atoms with Crippen molar-refractivity contribution in [1.82, 2.24) is 0 Å². The smallest absolute Gasteiger partial charge is 0.243 e. The average Bonchev–Trinajstić information content (AvgIpc) is 2.90. The maximum atomic E-state index is 11.6. The van der Waals surface area contributed by atoms with Crippen molar-refractivity contribution in [2.24, 2.45) is 4.99 Å². The Morgan fingerprint density at radius 2 is 1.96 bits per heavy atom. The van der Waals surface area contributed by atoms with Crippen molar-refractivity contribution >= 4 is 44.6 Å². The molecule has 0 aliphatic rings. The molecule has 4 heteroatoms. The number of hydrogen-bond acceptors (Lipinski definition) is 2. The minimum absolute atomic E-state index is 0.277. The Morgan fingerprint density at radius 3 is 2.61 bits per heavy atom. The maximum absolute atomic E-state index is 11.6. The zero-order valence-corrected chi connectivity index (χ0v) is 14.1. The molecule has 3 nitrogen and oxygen atoms in total. The lowest BCUT2D eigenvalue weighted by atomic mass is 10.0. The summed E-state index contributed by atoms with van der Waals surface area (Å²) >= 11 is 3.47. The summed E-state index contributed by atoms with van der Waals surface area (Å²) in [6.07, 6.45) is 1.73. The molecule has 23 heavy (non-hydrogen) atoms. The van der Waals surface area contributed by atoms with Crippen LogP contribution in [0.1, 0.15) is 23.8 Å². The monoisotopic (exact) mass is 367 g/mol. The van der Waals surface area contributed by atoms with Crippen LogP contribution >= 0.6 is 15.9 Å². The first-order chi connectivity index (χ1) is 11.1. The number of rotatable bonds is 3. The van der Waals surface area contributed by atoms with Gasteiger partial charge in [-0.15, -0.1) is 0 Å². The number of furan rings is 1. The highest BCUT2D eigenvalue weighted by Gasteiger charge is 2.19. The molecule has 3 aromatic rings. The largest absolute Gasteiger partial charge is 0.454 e. The molecule has 0 aliphatic carbocycles. The van der Waals surface area contributed by atoms with E-state index >= 15 is 0 Å². The molecule has 0 saturated heterocycles. The van der Waals surface area contributed by atoms with Gasteiger partial charge in [0.25, 0.3) is 0 Å². The topological polar surface area (TPSA) is 42.6 Å². The van der Waals surface area contributed by atoms with E-state index < -0.39 is 0 Å². The van der Waals surface area contributed by atoms with Crippen molar-refractivity contribution < 1.29 is 9.21 Å². The first kappa shape index (κ1) is 15.4. The van der Waals surface area contributed by atoms with Crippen LogP contribution in [-0.4, -0.2) is 11.6 Å². The lowest BCUT2D eigenvalue weighted by molar-refractivity contribution is -0.115. The van der Waals surface area contributed by atoms with Gasteiger partial charge >= 0.3 is 0 Å². The zero-order chi connectivity index (χ0) is 16.4. The van der Waals surface area contributed by atoms with E-state index in [9.17, 15) is 4.79 Å². The molecule has 0 bridgehead atoms. The fourth-order valence-corrected chi connectivity index (χ4v) is 2.83. The van der Waals surface area contributed by atoms with E-state index in [-0.39, 0.29) is 5.91 Å². The number of benzene rings is 2. The van der Waals surface area contributed by atoms with E-state index in [2.05, 4.69) is 27.5 Å². The Hall–Kier alpha value is -2.46. The van der Waals surface area contributed by atoms with Crippen LogP contribution in [0.2, 0.25) is 0 Å². The Morgan fingerprint density at radius 1 is 1.22 bits per heavy atom. The molecule has 3 rings (SSSR count). The Balaban J connectivity index is 2.31. The third-order valence-corrected chi connectivity index (χ3v) is 3.92. The van der Waals surface area contributed by atoms with Gasteiger partial charge in [-0.05, 0) is 18.2 Å². The molecule has 0 fully saturated rings.